The third-order valence-electron chi connectivity index (χ3n) is 9.80. The van der Waals surface area contributed by atoms with Crippen molar-refractivity contribution in [2.45, 2.75) is 0 Å². The lowest BCUT2D eigenvalue weighted by Crippen LogP contribution is -2.02. The average molecular weight is 722 g/mol. The summed E-state index contributed by atoms with van der Waals surface area (Å²) in [6.45, 7) is 0. The van der Waals surface area contributed by atoms with Crippen LogP contribution in [0.4, 0.5) is 0 Å². The number of hydrogen-bond donors (Lipinski definition) is 0. The summed E-state index contributed by atoms with van der Waals surface area (Å²) in [6.07, 6.45) is 0. The minimum Gasteiger partial charge on any atom is -0.228 e. The molecule has 0 amide bonds. The van der Waals surface area contributed by atoms with Gasteiger partial charge in [0, 0.05) is 53.6 Å². The van der Waals surface area contributed by atoms with Crippen LogP contribution in [0, 0.1) is 0 Å². The Hall–Kier alpha value is -7.15. The molecule has 10 aromatic rings. The number of hydrogen-bond acceptors (Lipinski definition) is 6. The quantitative estimate of drug-likeness (QED) is 0.164. The Labute approximate surface area is 322 Å². The highest BCUT2D eigenvalue weighted by Gasteiger charge is 2.19. The first kappa shape index (κ1) is 32.5. The van der Waals surface area contributed by atoms with Crippen molar-refractivity contribution in [1.82, 2.24) is 24.9 Å². The van der Waals surface area contributed by atoms with Gasteiger partial charge < -0.3 is 0 Å². The van der Waals surface area contributed by atoms with E-state index < -0.39 is 0 Å². The molecule has 258 valence electrons. The van der Waals surface area contributed by atoms with E-state index in [-0.39, 0.29) is 0 Å². The summed E-state index contributed by atoms with van der Waals surface area (Å²) in [4.78, 5) is 25.6. The highest BCUT2D eigenvalue weighted by Crippen LogP contribution is 2.40. The van der Waals surface area contributed by atoms with Crippen LogP contribution in [-0.2, 0) is 0 Å². The van der Waals surface area contributed by atoms with Crippen molar-refractivity contribution in [2.24, 2.45) is 0 Å². The summed E-state index contributed by atoms with van der Waals surface area (Å²) < 4.78 is 2.58. The number of aromatic nitrogens is 5. The smallest absolute Gasteiger partial charge is 0.164 e. The molecule has 0 fully saturated rings. The van der Waals surface area contributed by atoms with Gasteiger partial charge in [-0.1, -0.05) is 176 Å². The summed E-state index contributed by atoms with van der Waals surface area (Å²) >= 11 is 1.84. The third-order valence-corrected chi connectivity index (χ3v) is 11.0. The number of thiophene rings is 1. The van der Waals surface area contributed by atoms with Crippen LogP contribution < -0.4 is 0 Å². The van der Waals surface area contributed by atoms with Gasteiger partial charge in [-0.05, 0) is 23.3 Å². The van der Waals surface area contributed by atoms with Crippen molar-refractivity contribution in [3.8, 4) is 79.2 Å². The molecule has 3 aromatic heterocycles. The highest BCUT2D eigenvalue weighted by atomic mass is 32.1. The highest BCUT2D eigenvalue weighted by molar-refractivity contribution is 7.26. The Bertz CT molecular complexity index is 2900. The molecule has 0 N–H and O–H groups in total. The molecule has 0 radical (unpaired) electrons. The number of nitrogens with zero attached hydrogens (tertiary/aromatic N) is 5. The zero-order chi connectivity index (χ0) is 36.6. The molecule has 55 heavy (non-hydrogen) atoms. The Balaban J connectivity index is 1.11. The van der Waals surface area contributed by atoms with Crippen LogP contribution in [0.2, 0.25) is 0 Å². The molecule has 7 aromatic carbocycles. The molecule has 0 aliphatic carbocycles. The van der Waals surface area contributed by atoms with Gasteiger partial charge in [-0.2, -0.15) is 0 Å². The van der Waals surface area contributed by atoms with E-state index in [1.165, 1.54) is 25.7 Å². The van der Waals surface area contributed by atoms with E-state index in [1.54, 1.807) is 0 Å². The molecule has 0 saturated heterocycles. The molecule has 6 heteroatoms. The SMILES string of the molecule is c1ccc(-c2cc(-c3ccccc3)nc(-c3ccccc3-c3nc(-c4ccccc4)nc(-c4ccc(-c5cccc6c5sc5ccccc56)cc4)n3)n2)cc1. The zero-order valence-electron chi connectivity index (χ0n) is 29.5. The van der Waals surface area contributed by atoms with E-state index >= 15 is 0 Å². The van der Waals surface area contributed by atoms with E-state index in [0.29, 0.717) is 23.3 Å². The summed E-state index contributed by atoms with van der Waals surface area (Å²) in [5.41, 5.74) is 9.54. The fourth-order valence-corrected chi connectivity index (χ4v) is 8.31. The predicted molar refractivity (Wildman–Crippen MR) is 226 cm³/mol. The van der Waals surface area contributed by atoms with Gasteiger partial charge in [0.05, 0.1) is 11.4 Å². The minimum absolute atomic E-state index is 0.550. The van der Waals surface area contributed by atoms with Crippen molar-refractivity contribution in [3.05, 3.63) is 188 Å². The second-order valence-electron chi connectivity index (χ2n) is 13.3. The first-order valence-electron chi connectivity index (χ1n) is 18.2. The van der Waals surface area contributed by atoms with E-state index in [0.717, 1.165) is 50.3 Å². The molecule has 0 saturated carbocycles. The van der Waals surface area contributed by atoms with Crippen molar-refractivity contribution >= 4 is 31.5 Å². The maximum atomic E-state index is 5.15. The van der Waals surface area contributed by atoms with Crippen LogP contribution in [0.3, 0.4) is 0 Å². The van der Waals surface area contributed by atoms with Gasteiger partial charge in [-0.15, -0.1) is 11.3 Å². The fraction of sp³-hybridized carbons (Fsp3) is 0. The molecular formula is C49H31N5S. The predicted octanol–water partition coefficient (Wildman–Crippen LogP) is 12.7. The Kier molecular flexibility index (Phi) is 8.28. The maximum absolute atomic E-state index is 5.15. The van der Waals surface area contributed by atoms with Gasteiger partial charge >= 0.3 is 0 Å². The lowest BCUT2D eigenvalue weighted by molar-refractivity contribution is 1.07. The van der Waals surface area contributed by atoms with E-state index in [2.05, 4.69) is 97.1 Å². The molecule has 3 heterocycles. The summed E-state index contributed by atoms with van der Waals surface area (Å²) in [5.74, 6) is 2.33. The topological polar surface area (TPSA) is 64.5 Å². The third kappa shape index (κ3) is 6.24. The first-order valence-corrected chi connectivity index (χ1v) is 19.0. The minimum atomic E-state index is 0.550. The number of rotatable bonds is 7. The first-order chi connectivity index (χ1) is 27.2. The summed E-state index contributed by atoms with van der Waals surface area (Å²) in [6, 6.07) is 64.4. The summed E-state index contributed by atoms with van der Waals surface area (Å²) in [7, 11) is 0. The number of fused-ring (bicyclic) bond motifs is 3. The largest absolute Gasteiger partial charge is 0.228 e. The van der Waals surface area contributed by atoms with Crippen molar-refractivity contribution < 1.29 is 0 Å². The van der Waals surface area contributed by atoms with Gasteiger partial charge in [0.25, 0.3) is 0 Å². The van der Waals surface area contributed by atoms with Crippen LogP contribution in [0.15, 0.2) is 188 Å². The number of benzene rings is 7. The van der Waals surface area contributed by atoms with Crippen LogP contribution >= 0.6 is 11.3 Å². The van der Waals surface area contributed by atoms with Crippen molar-refractivity contribution in [1.29, 1.82) is 0 Å². The lowest BCUT2D eigenvalue weighted by Gasteiger charge is -2.13. The van der Waals surface area contributed by atoms with Gasteiger partial charge in [-0.3, -0.25) is 0 Å². The molecule has 0 aliphatic heterocycles. The monoisotopic (exact) mass is 721 g/mol. The molecule has 10 rings (SSSR count). The molecule has 0 spiro atoms. The second kappa shape index (κ2) is 14.0. The van der Waals surface area contributed by atoms with Crippen LogP contribution in [0.25, 0.3) is 99.4 Å². The van der Waals surface area contributed by atoms with Crippen LogP contribution in [-0.4, -0.2) is 24.9 Å². The fourth-order valence-electron chi connectivity index (χ4n) is 7.07. The van der Waals surface area contributed by atoms with Gasteiger partial charge in [0.15, 0.2) is 23.3 Å². The van der Waals surface area contributed by atoms with Gasteiger partial charge in [0.2, 0.25) is 0 Å². The molecule has 5 nitrogen and oxygen atoms in total. The van der Waals surface area contributed by atoms with Crippen molar-refractivity contribution in [3.63, 3.8) is 0 Å². The molecule has 0 bridgehead atoms. The van der Waals surface area contributed by atoms with Crippen LogP contribution in [0.1, 0.15) is 0 Å². The van der Waals surface area contributed by atoms with Crippen LogP contribution in [0.5, 0.6) is 0 Å². The van der Waals surface area contributed by atoms with E-state index in [4.69, 9.17) is 24.9 Å². The zero-order valence-corrected chi connectivity index (χ0v) is 30.4. The average Bonchev–Trinajstić information content (AvgIpc) is 3.66. The second-order valence-corrected chi connectivity index (χ2v) is 14.3. The molecule has 0 unspecified atom stereocenters. The van der Waals surface area contributed by atoms with Gasteiger partial charge in [0.1, 0.15) is 0 Å². The Morgan fingerprint density at radius 2 is 0.727 bits per heavy atom. The Morgan fingerprint density at radius 1 is 0.291 bits per heavy atom. The molecule has 0 atom stereocenters. The standard InChI is InChI=1S/C49H31N5S/c1-4-15-33(16-5-1)42-31-43(34-17-6-2-7-18-34)51-48(50-42)40-22-10-11-23-41(40)49-53-46(35-19-8-3-9-20-35)52-47(54-49)36-29-27-32(28-30-36)37-24-14-25-39-38-21-12-13-26-44(38)55-45(37)39/h1-31H. The summed E-state index contributed by atoms with van der Waals surface area (Å²) in [5, 5.41) is 2.57. The maximum Gasteiger partial charge on any atom is 0.164 e. The van der Waals surface area contributed by atoms with Gasteiger partial charge in [-0.25, -0.2) is 24.9 Å². The Morgan fingerprint density at radius 3 is 1.35 bits per heavy atom. The molecule has 0 aliphatic rings. The van der Waals surface area contributed by atoms with E-state index in [1.807, 2.05) is 102 Å². The molecular weight excluding hydrogens is 691 g/mol. The normalized spacial score (nSPS) is 11.3. The lowest BCUT2D eigenvalue weighted by atomic mass is 10.0. The van der Waals surface area contributed by atoms with E-state index in [9.17, 15) is 0 Å². The van der Waals surface area contributed by atoms with Crippen molar-refractivity contribution in [2.75, 3.05) is 0 Å².